The summed E-state index contributed by atoms with van der Waals surface area (Å²) in [6, 6.07) is 9.56. The summed E-state index contributed by atoms with van der Waals surface area (Å²) in [6.07, 6.45) is 6.58. The molecule has 31 heavy (non-hydrogen) atoms. The van der Waals surface area contributed by atoms with Gasteiger partial charge in [-0.2, -0.15) is 0 Å². The number of anilines is 2. The fourth-order valence-electron chi connectivity index (χ4n) is 4.18. The zero-order valence-corrected chi connectivity index (χ0v) is 18.3. The van der Waals surface area contributed by atoms with Crippen LogP contribution in [0.4, 0.5) is 11.5 Å². The molecular formula is C23H24ClN4O3+. The van der Waals surface area contributed by atoms with Gasteiger partial charge < -0.3 is 19.3 Å². The van der Waals surface area contributed by atoms with Crippen molar-refractivity contribution in [2.24, 2.45) is 0 Å². The summed E-state index contributed by atoms with van der Waals surface area (Å²) >= 11 is 6.24. The van der Waals surface area contributed by atoms with E-state index in [4.69, 9.17) is 25.6 Å². The van der Waals surface area contributed by atoms with Gasteiger partial charge in [-0.1, -0.05) is 17.7 Å². The number of fused-ring (bicyclic) bond motifs is 2. The van der Waals surface area contributed by atoms with Crippen molar-refractivity contribution in [2.75, 3.05) is 32.6 Å². The number of benzene rings is 2. The van der Waals surface area contributed by atoms with Crippen LogP contribution < -0.4 is 14.9 Å². The molecule has 8 heteroatoms. The number of nitrogens with zero attached hydrogens (tertiary/aromatic N) is 3. The third-order valence-electron chi connectivity index (χ3n) is 5.80. The number of hydrogen-bond acceptors (Lipinski definition) is 6. The first-order valence-corrected chi connectivity index (χ1v) is 10.7. The molecule has 1 saturated heterocycles. The van der Waals surface area contributed by atoms with Crippen molar-refractivity contribution in [1.29, 1.82) is 0 Å². The van der Waals surface area contributed by atoms with Crippen molar-refractivity contribution >= 4 is 45.0 Å². The Labute approximate surface area is 185 Å². The predicted molar refractivity (Wildman–Crippen MR) is 121 cm³/mol. The predicted octanol–water partition coefficient (Wildman–Crippen LogP) is 5.71. The number of piperidine rings is 1. The smallest absolute Gasteiger partial charge is 0.206 e. The largest absolute Gasteiger partial charge is 0.497 e. The van der Waals surface area contributed by atoms with Crippen LogP contribution in [-0.4, -0.2) is 41.9 Å². The van der Waals surface area contributed by atoms with E-state index in [2.05, 4.69) is 22.3 Å². The average Bonchev–Trinajstić information content (AvgIpc) is 3.16. The van der Waals surface area contributed by atoms with Crippen molar-refractivity contribution in [3.8, 4) is 11.5 Å². The lowest BCUT2D eigenvalue weighted by Crippen LogP contribution is -2.50. The van der Waals surface area contributed by atoms with Gasteiger partial charge in [-0.25, -0.2) is 9.97 Å². The lowest BCUT2D eigenvalue weighted by atomic mass is 10.1. The Hall–Kier alpha value is -3.03. The third kappa shape index (κ3) is 3.75. The van der Waals surface area contributed by atoms with Crippen molar-refractivity contribution in [2.45, 2.75) is 19.3 Å². The van der Waals surface area contributed by atoms with Gasteiger partial charge in [0, 0.05) is 30.4 Å². The molecule has 0 saturated carbocycles. The maximum absolute atomic E-state index is 6.56. The van der Waals surface area contributed by atoms with E-state index >= 15 is 0 Å². The van der Waals surface area contributed by atoms with Crippen molar-refractivity contribution < 1.29 is 18.6 Å². The van der Waals surface area contributed by atoms with E-state index in [1.165, 1.54) is 19.0 Å². The van der Waals surface area contributed by atoms with E-state index < -0.39 is 0 Å². The fraction of sp³-hybridized carbons (Fsp3) is 0.304. The molecule has 0 unspecified atom stereocenters. The van der Waals surface area contributed by atoms with E-state index in [0.717, 1.165) is 47.9 Å². The van der Waals surface area contributed by atoms with Gasteiger partial charge >= 0.3 is 0 Å². The number of ether oxygens (including phenoxy) is 1. The van der Waals surface area contributed by atoms with Crippen LogP contribution >= 0.6 is 11.6 Å². The summed E-state index contributed by atoms with van der Waals surface area (Å²) in [5.74, 6) is 2.01. The molecule has 0 aliphatic carbocycles. The first-order valence-electron chi connectivity index (χ1n) is 10.4. The average molecular weight is 440 g/mol. The minimum Gasteiger partial charge on any atom is -0.497 e. The van der Waals surface area contributed by atoms with Crippen LogP contribution in [0.1, 0.15) is 19.3 Å². The number of likely N-dealkylation sites (tertiary alicyclic amines) is 1. The van der Waals surface area contributed by atoms with Crippen LogP contribution in [0.15, 0.2) is 47.3 Å². The molecule has 0 atom stereocenters. The first-order chi connectivity index (χ1) is 15.1. The SMILES string of the molecule is COc1cc(O[N+]2(C)CCCCC2)c2c(Nc3cccc4c(Cl)coc34)ncnc2c1. The van der Waals surface area contributed by atoms with Crippen molar-refractivity contribution in [1.82, 2.24) is 9.97 Å². The molecule has 7 nitrogen and oxygen atoms in total. The summed E-state index contributed by atoms with van der Waals surface area (Å²) in [4.78, 5) is 15.6. The topological polar surface area (TPSA) is 69.4 Å². The molecule has 5 rings (SSSR count). The summed E-state index contributed by atoms with van der Waals surface area (Å²) in [5, 5.41) is 5.61. The van der Waals surface area contributed by atoms with Gasteiger partial charge in [0.05, 0.1) is 28.7 Å². The van der Waals surface area contributed by atoms with E-state index in [0.29, 0.717) is 32.6 Å². The highest BCUT2D eigenvalue weighted by molar-refractivity contribution is 6.35. The summed E-state index contributed by atoms with van der Waals surface area (Å²) in [6.45, 7) is 1.92. The Morgan fingerprint density at radius 1 is 1.13 bits per heavy atom. The minimum atomic E-state index is 0.514. The van der Waals surface area contributed by atoms with Crippen molar-refractivity contribution in [3.05, 3.63) is 47.9 Å². The van der Waals surface area contributed by atoms with Crippen LogP contribution in [0.25, 0.3) is 21.9 Å². The molecular weight excluding hydrogens is 416 g/mol. The number of para-hydroxylation sites is 1. The standard InChI is InChI=1S/C23H24ClN4O3/c1-28(9-4-3-5-10-28)31-20-12-15(29-2)11-19-21(20)23(26-14-25-19)27-18-8-6-7-16-17(24)13-30-22(16)18/h6-8,11-14H,3-5,9-10H2,1-2H3,(H,25,26,27)/q+1. The molecule has 0 bridgehead atoms. The van der Waals surface area contributed by atoms with Gasteiger partial charge in [-0.15, -0.1) is 4.65 Å². The zero-order valence-electron chi connectivity index (χ0n) is 17.5. The third-order valence-corrected chi connectivity index (χ3v) is 6.09. The Bertz CT molecular complexity index is 1250. The van der Waals surface area contributed by atoms with Crippen LogP contribution in [0.2, 0.25) is 5.02 Å². The van der Waals surface area contributed by atoms with E-state index in [9.17, 15) is 0 Å². The van der Waals surface area contributed by atoms with E-state index in [-0.39, 0.29) is 0 Å². The molecule has 1 fully saturated rings. The van der Waals surface area contributed by atoms with Gasteiger partial charge in [-0.05, 0) is 18.6 Å². The van der Waals surface area contributed by atoms with Gasteiger partial charge in [0.1, 0.15) is 44.3 Å². The number of nitrogens with one attached hydrogen (secondary N) is 1. The van der Waals surface area contributed by atoms with Crippen LogP contribution in [0.3, 0.4) is 0 Å². The highest BCUT2D eigenvalue weighted by Crippen LogP contribution is 2.39. The fourth-order valence-corrected chi connectivity index (χ4v) is 4.37. The lowest BCUT2D eigenvalue weighted by molar-refractivity contribution is -1.07. The maximum Gasteiger partial charge on any atom is 0.206 e. The molecule has 1 N–H and O–H groups in total. The second-order valence-corrected chi connectivity index (χ2v) is 8.44. The molecule has 2 aromatic carbocycles. The molecule has 160 valence electrons. The number of hydroxylamine groups is 3. The maximum atomic E-state index is 6.56. The lowest BCUT2D eigenvalue weighted by Gasteiger charge is -2.35. The van der Waals surface area contributed by atoms with Crippen molar-refractivity contribution in [3.63, 3.8) is 0 Å². The number of hydrogen-bond donors (Lipinski definition) is 1. The first kappa shape index (κ1) is 19.9. The van der Waals surface area contributed by atoms with E-state index in [1.54, 1.807) is 7.11 Å². The summed E-state index contributed by atoms with van der Waals surface area (Å²) in [5.41, 5.74) is 2.18. The summed E-state index contributed by atoms with van der Waals surface area (Å²) < 4.78 is 11.7. The Morgan fingerprint density at radius 2 is 1.97 bits per heavy atom. The zero-order chi connectivity index (χ0) is 21.4. The molecule has 0 amide bonds. The monoisotopic (exact) mass is 439 g/mol. The van der Waals surface area contributed by atoms with Crippen LogP contribution in [0, 0.1) is 0 Å². The molecule has 2 aromatic heterocycles. The Morgan fingerprint density at radius 3 is 2.77 bits per heavy atom. The molecule has 0 radical (unpaired) electrons. The molecule has 1 aliphatic heterocycles. The molecule has 3 heterocycles. The molecule has 4 aromatic rings. The quantitative estimate of drug-likeness (QED) is 0.402. The highest BCUT2D eigenvalue weighted by Gasteiger charge is 2.30. The van der Waals surface area contributed by atoms with Crippen LogP contribution in [-0.2, 0) is 0 Å². The van der Waals surface area contributed by atoms with Gasteiger partial charge in [0.25, 0.3) is 0 Å². The number of rotatable bonds is 5. The molecule has 0 spiro atoms. The number of aromatic nitrogens is 2. The Balaban J connectivity index is 1.63. The second-order valence-electron chi connectivity index (χ2n) is 8.03. The second kappa shape index (κ2) is 7.90. The molecule has 1 aliphatic rings. The van der Waals surface area contributed by atoms with Gasteiger partial charge in [-0.3, -0.25) is 0 Å². The number of halogens is 1. The highest BCUT2D eigenvalue weighted by atomic mass is 35.5. The summed E-state index contributed by atoms with van der Waals surface area (Å²) in [7, 11) is 3.76. The van der Waals surface area contributed by atoms with Gasteiger partial charge in [0.15, 0.2) is 5.58 Å². The van der Waals surface area contributed by atoms with Crippen LogP contribution in [0.5, 0.6) is 11.5 Å². The number of methoxy groups -OCH3 is 1. The normalized spacial score (nSPS) is 15.8. The number of furan rings is 1. The van der Waals surface area contributed by atoms with Gasteiger partial charge in [0.2, 0.25) is 5.75 Å². The minimum absolute atomic E-state index is 0.514. The van der Waals surface area contributed by atoms with E-state index in [1.807, 2.05) is 30.3 Å². The Kier molecular flexibility index (Phi) is 5.08. The number of quaternary nitrogens is 1.